The van der Waals surface area contributed by atoms with E-state index in [1.54, 1.807) is 0 Å². The van der Waals surface area contributed by atoms with Gasteiger partial charge in [-0.3, -0.25) is 4.68 Å². The van der Waals surface area contributed by atoms with Crippen LogP contribution >= 0.6 is 12.4 Å². The van der Waals surface area contributed by atoms with Gasteiger partial charge in [-0.25, -0.2) is 0 Å². The smallest absolute Gasteiger partial charge is 0.100 e. The molecule has 0 bridgehead atoms. The van der Waals surface area contributed by atoms with Crippen LogP contribution in [-0.2, 0) is 6.54 Å². The third kappa shape index (κ3) is 3.26. The number of halogens is 1. The molecule has 0 aliphatic heterocycles. The first-order valence-electron chi connectivity index (χ1n) is 6.91. The van der Waals surface area contributed by atoms with Gasteiger partial charge >= 0.3 is 0 Å². The molecule has 0 atom stereocenters. The van der Waals surface area contributed by atoms with Gasteiger partial charge in [0.25, 0.3) is 0 Å². The van der Waals surface area contributed by atoms with Gasteiger partial charge in [0.1, 0.15) is 5.69 Å². The molecular formula is C17H20ClN3. The van der Waals surface area contributed by atoms with Crippen LogP contribution in [0.15, 0.2) is 54.6 Å². The number of hydrogen-bond donors (Lipinski definition) is 0. The molecular weight excluding hydrogens is 282 g/mol. The standard InChI is InChI=1S/C17H19N3.ClH/c1-19(2)12-13-20-16-11-7-6-10-15(16)17(18-20)14-8-4-3-5-9-14;/h3-11H,12-13H2,1-2H3;1H. The minimum atomic E-state index is 0. The van der Waals surface area contributed by atoms with Gasteiger partial charge in [-0.15, -0.1) is 12.4 Å². The molecule has 3 nitrogen and oxygen atoms in total. The minimum Gasteiger partial charge on any atom is -0.308 e. The predicted octanol–water partition coefficient (Wildman–Crippen LogP) is 3.69. The lowest BCUT2D eigenvalue weighted by Gasteiger charge is -2.09. The van der Waals surface area contributed by atoms with Crippen LogP contribution < -0.4 is 0 Å². The fraction of sp³-hybridized carbons (Fsp3) is 0.235. The monoisotopic (exact) mass is 301 g/mol. The van der Waals surface area contributed by atoms with E-state index in [0.717, 1.165) is 18.8 Å². The maximum Gasteiger partial charge on any atom is 0.100 e. The molecule has 0 saturated carbocycles. The lowest BCUT2D eigenvalue weighted by atomic mass is 10.1. The Labute approximate surface area is 131 Å². The molecule has 4 heteroatoms. The van der Waals surface area contributed by atoms with Crippen molar-refractivity contribution in [2.75, 3.05) is 20.6 Å². The van der Waals surface area contributed by atoms with E-state index in [2.05, 4.69) is 72.2 Å². The molecule has 0 aliphatic rings. The molecule has 21 heavy (non-hydrogen) atoms. The number of para-hydroxylation sites is 1. The Morgan fingerprint density at radius 2 is 1.62 bits per heavy atom. The molecule has 0 amide bonds. The second-order valence-electron chi connectivity index (χ2n) is 5.26. The highest BCUT2D eigenvalue weighted by molar-refractivity contribution is 5.93. The maximum atomic E-state index is 4.82. The largest absolute Gasteiger partial charge is 0.308 e. The van der Waals surface area contributed by atoms with Gasteiger partial charge in [-0.2, -0.15) is 5.10 Å². The zero-order chi connectivity index (χ0) is 13.9. The first kappa shape index (κ1) is 15.5. The third-order valence-corrected chi connectivity index (χ3v) is 3.46. The topological polar surface area (TPSA) is 21.1 Å². The Balaban J connectivity index is 0.00000161. The minimum absolute atomic E-state index is 0. The SMILES string of the molecule is CN(C)CCn1nc(-c2ccccc2)c2ccccc21.Cl. The maximum absolute atomic E-state index is 4.82. The van der Waals surface area contributed by atoms with Crippen LogP contribution in [0.3, 0.4) is 0 Å². The van der Waals surface area contributed by atoms with Crippen molar-refractivity contribution in [2.45, 2.75) is 6.54 Å². The molecule has 1 aromatic heterocycles. The first-order valence-corrected chi connectivity index (χ1v) is 6.91. The summed E-state index contributed by atoms with van der Waals surface area (Å²) in [5.74, 6) is 0. The quantitative estimate of drug-likeness (QED) is 0.733. The average molecular weight is 302 g/mol. The van der Waals surface area contributed by atoms with Crippen molar-refractivity contribution in [3.8, 4) is 11.3 Å². The van der Waals surface area contributed by atoms with Crippen molar-refractivity contribution in [3.63, 3.8) is 0 Å². The van der Waals surface area contributed by atoms with E-state index in [9.17, 15) is 0 Å². The van der Waals surface area contributed by atoms with E-state index < -0.39 is 0 Å². The highest BCUT2D eigenvalue weighted by Gasteiger charge is 2.11. The molecule has 0 fully saturated rings. The number of rotatable bonds is 4. The predicted molar refractivity (Wildman–Crippen MR) is 91.0 cm³/mol. The molecule has 0 radical (unpaired) electrons. The molecule has 0 N–H and O–H groups in total. The summed E-state index contributed by atoms with van der Waals surface area (Å²) >= 11 is 0. The number of benzene rings is 2. The number of aromatic nitrogens is 2. The van der Waals surface area contributed by atoms with Gasteiger partial charge < -0.3 is 4.90 Å². The Hall–Kier alpha value is -1.84. The number of likely N-dealkylation sites (N-methyl/N-ethyl adjacent to an activating group) is 1. The summed E-state index contributed by atoms with van der Waals surface area (Å²) < 4.78 is 2.11. The van der Waals surface area contributed by atoms with E-state index in [-0.39, 0.29) is 12.4 Å². The van der Waals surface area contributed by atoms with Crippen LogP contribution in [0.4, 0.5) is 0 Å². The average Bonchev–Trinajstić information content (AvgIpc) is 2.85. The van der Waals surface area contributed by atoms with Crippen LogP contribution in [0.2, 0.25) is 0 Å². The van der Waals surface area contributed by atoms with Crippen LogP contribution in [-0.4, -0.2) is 35.3 Å². The van der Waals surface area contributed by atoms with Gasteiger partial charge in [-0.1, -0.05) is 48.5 Å². The zero-order valence-corrected chi connectivity index (χ0v) is 13.2. The summed E-state index contributed by atoms with van der Waals surface area (Å²) in [6.45, 7) is 1.89. The van der Waals surface area contributed by atoms with E-state index in [0.29, 0.717) is 0 Å². The van der Waals surface area contributed by atoms with Gasteiger partial charge in [0.15, 0.2) is 0 Å². The van der Waals surface area contributed by atoms with Crippen molar-refractivity contribution < 1.29 is 0 Å². The summed E-state index contributed by atoms with van der Waals surface area (Å²) in [5, 5.41) is 6.04. The van der Waals surface area contributed by atoms with Crippen molar-refractivity contribution in [1.82, 2.24) is 14.7 Å². The Morgan fingerprint density at radius 3 is 2.33 bits per heavy atom. The van der Waals surface area contributed by atoms with Gasteiger partial charge in [0.05, 0.1) is 12.1 Å². The van der Waals surface area contributed by atoms with Crippen molar-refractivity contribution in [3.05, 3.63) is 54.6 Å². The van der Waals surface area contributed by atoms with Crippen LogP contribution in [0.25, 0.3) is 22.2 Å². The van der Waals surface area contributed by atoms with E-state index >= 15 is 0 Å². The summed E-state index contributed by atoms with van der Waals surface area (Å²) in [6.07, 6.45) is 0. The van der Waals surface area contributed by atoms with Crippen LogP contribution in [0.5, 0.6) is 0 Å². The molecule has 3 aromatic rings. The zero-order valence-electron chi connectivity index (χ0n) is 12.4. The van der Waals surface area contributed by atoms with Crippen molar-refractivity contribution >= 4 is 23.3 Å². The highest BCUT2D eigenvalue weighted by Crippen LogP contribution is 2.27. The Bertz CT molecular complexity index is 704. The van der Waals surface area contributed by atoms with Crippen molar-refractivity contribution in [1.29, 1.82) is 0 Å². The number of hydrogen-bond acceptors (Lipinski definition) is 2. The molecule has 0 spiro atoms. The summed E-state index contributed by atoms with van der Waals surface area (Å²) in [6, 6.07) is 18.8. The van der Waals surface area contributed by atoms with Crippen LogP contribution in [0, 0.1) is 0 Å². The molecule has 3 rings (SSSR count). The molecule has 0 saturated heterocycles. The fourth-order valence-corrected chi connectivity index (χ4v) is 2.40. The lowest BCUT2D eigenvalue weighted by Crippen LogP contribution is -2.18. The molecule has 110 valence electrons. The van der Waals surface area contributed by atoms with E-state index in [1.165, 1.54) is 16.5 Å². The summed E-state index contributed by atoms with van der Waals surface area (Å²) in [4.78, 5) is 2.18. The molecule has 1 heterocycles. The first-order chi connectivity index (χ1) is 9.75. The van der Waals surface area contributed by atoms with E-state index in [1.807, 2.05) is 6.07 Å². The highest BCUT2D eigenvalue weighted by atomic mass is 35.5. The lowest BCUT2D eigenvalue weighted by molar-refractivity contribution is 0.377. The number of nitrogens with zero attached hydrogens (tertiary/aromatic N) is 3. The van der Waals surface area contributed by atoms with Gasteiger partial charge in [0, 0.05) is 17.5 Å². The third-order valence-electron chi connectivity index (χ3n) is 3.46. The second-order valence-corrected chi connectivity index (χ2v) is 5.26. The van der Waals surface area contributed by atoms with Gasteiger partial charge in [0.2, 0.25) is 0 Å². The molecule has 2 aromatic carbocycles. The van der Waals surface area contributed by atoms with E-state index in [4.69, 9.17) is 5.10 Å². The molecule has 0 unspecified atom stereocenters. The van der Waals surface area contributed by atoms with Crippen LogP contribution in [0.1, 0.15) is 0 Å². The molecule has 0 aliphatic carbocycles. The van der Waals surface area contributed by atoms with Gasteiger partial charge in [-0.05, 0) is 20.2 Å². The number of fused-ring (bicyclic) bond motifs is 1. The normalized spacial score (nSPS) is 10.8. The summed E-state index contributed by atoms with van der Waals surface area (Å²) in [5.41, 5.74) is 3.44. The Kier molecular flexibility index (Phi) is 4.99. The van der Waals surface area contributed by atoms with Crippen molar-refractivity contribution in [2.24, 2.45) is 0 Å². The Morgan fingerprint density at radius 1 is 0.952 bits per heavy atom. The summed E-state index contributed by atoms with van der Waals surface area (Å²) in [7, 11) is 4.17. The fourth-order valence-electron chi connectivity index (χ4n) is 2.40. The second kappa shape index (κ2) is 6.74.